The van der Waals surface area contributed by atoms with E-state index in [-0.39, 0.29) is 0 Å². The van der Waals surface area contributed by atoms with E-state index >= 15 is 0 Å². The highest BCUT2D eigenvalue weighted by molar-refractivity contribution is 5.56. The first kappa shape index (κ1) is 16.2. The van der Waals surface area contributed by atoms with Crippen LogP contribution in [0.4, 0.5) is 5.69 Å². The number of anilines is 1. The van der Waals surface area contributed by atoms with Crippen molar-refractivity contribution in [2.45, 2.75) is 27.3 Å². The monoisotopic (exact) mass is 299 g/mol. The molecule has 1 N–H and O–H groups in total. The van der Waals surface area contributed by atoms with Gasteiger partial charge in [-0.1, -0.05) is 38.1 Å². The smallest absolute Gasteiger partial charge is 0.142 e. The third-order valence-electron chi connectivity index (χ3n) is 3.15. The molecule has 22 heavy (non-hydrogen) atoms. The molecule has 0 unspecified atom stereocenters. The van der Waals surface area contributed by atoms with Crippen LogP contribution in [0, 0.1) is 5.92 Å². The molecule has 0 aliphatic heterocycles. The SMILES string of the molecule is CCOc1ccccc1NCc1cccc(OCC(C)C)c1. The first-order valence-electron chi connectivity index (χ1n) is 7.86. The van der Waals surface area contributed by atoms with E-state index in [9.17, 15) is 0 Å². The summed E-state index contributed by atoms with van der Waals surface area (Å²) in [5.74, 6) is 2.34. The summed E-state index contributed by atoms with van der Waals surface area (Å²) in [5, 5.41) is 3.43. The van der Waals surface area contributed by atoms with Gasteiger partial charge in [0.05, 0.1) is 18.9 Å². The third kappa shape index (κ3) is 4.99. The molecule has 0 atom stereocenters. The number of hydrogen-bond acceptors (Lipinski definition) is 3. The topological polar surface area (TPSA) is 30.5 Å². The molecule has 0 saturated heterocycles. The highest BCUT2D eigenvalue weighted by atomic mass is 16.5. The average molecular weight is 299 g/mol. The molecule has 0 amide bonds. The molecule has 3 nitrogen and oxygen atoms in total. The fourth-order valence-corrected chi connectivity index (χ4v) is 2.10. The van der Waals surface area contributed by atoms with Crippen molar-refractivity contribution in [3.63, 3.8) is 0 Å². The second kappa shape index (κ2) is 8.32. The summed E-state index contributed by atoms with van der Waals surface area (Å²) >= 11 is 0. The van der Waals surface area contributed by atoms with E-state index in [4.69, 9.17) is 9.47 Å². The Kier molecular flexibility index (Phi) is 6.13. The van der Waals surface area contributed by atoms with Gasteiger partial charge < -0.3 is 14.8 Å². The number of hydrogen-bond donors (Lipinski definition) is 1. The molecule has 2 rings (SSSR count). The summed E-state index contributed by atoms with van der Waals surface area (Å²) in [6.07, 6.45) is 0. The lowest BCUT2D eigenvalue weighted by Crippen LogP contribution is -2.05. The standard InChI is InChI=1S/C19H25NO2/c1-4-21-19-11-6-5-10-18(19)20-13-16-8-7-9-17(12-16)22-14-15(2)3/h5-12,15,20H,4,13-14H2,1-3H3. The van der Waals surface area contributed by atoms with Gasteiger partial charge in [-0.3, -0.25) is 0 Å². The Balaban J connectivity index is 1.98. The summed E-state index contributed by atoms with van der Waals surface area (Å²) < 4.78 is 11.4. The molecule has 0 fully saturated rings. The Morgan fingerprint density at radius 3 is 2.59 bits per heavy atom. The van der Waals surface area contributed by atoms with Gasteiger partial charge in [0.2, 0.25) is 0 Å². The molecule has 0 aromatic heterocycles. The molecule has 0 aliphatic carbocycles. The van der Waals surface area contributed by atoms with Crippen LogP contribution in [0.3, 0.4) is 0 Å². The molecule has 0 aliphatic rings. The zero-order valence-corrected chi connectivity index (χ0v) is 13.6. The molecule has 118 valence electrons. The van der Waals surface area contributed by atoms with Crippen molar-refractivity contribution in [1.29, 1.82) is 0 Å². The maximum Gasteiger partial charge on any atom is 0.142 e. The normalized spacial score (nSPS) is 10.5. The molecule has 0 heterocycles. The molecule has 0 radical (unpaired) electrons. The molecular weight excluding hydrogens is 274 g/mol. The van der Waals surface area contributed by atoms with Crippen LogP contribution in [0.2, 0.25) is 0 Å². The van der Waals surface area contributed by atoms with Gasteiger partial charge in [-0.2, -0.15) is 0 Å². The molecule has 0 saturated carbocycles. The van der Waals surface area contributed by atoms with Crippen LogP contribution in [0.1, 0.15) is 26.3 Å². The van der Waals surface area contributed by atoms with Gasteiger partial charge >= 0.3 is 0 Å². The molecule has 0 spiro atoms. The Hall–Kier alpha value is -2.16. The summed E-state index contributed by atoms with van der Waals surface area (Å²) in [7, 11) is 0. The lowest BCUT2D eigenvalue weighted by molar-refractivity contribution is 0.271. The van der Waals surface area contributed by atoms with Crippen LogP contribution in [0.5, 0.6) is 11.5 Å². The average Bonchev–Trinajstić information content (AvgIpc) is 2.53. The van der Waals surface area contributed by atoms with Gasteiger partial charge in [0.1, 0.15) is 11.5 Å². The predicted molar refractivity (Wildman–Crippen MR) is 91.7 cm³/mol. The van der Waals surface area contributed by atoms with E-state index in [0.717, 1.165) is 30.3 Å². The quantitative estimate of drug-likeness (QED) is 0.764. The van der Waals surface area contributed by atoms with Crippen LogP contribution < -0.4 is 14.8 Å². The van der Waals surface area contributed by atoms with E-state index in [2.05, 4.69) is 31.3 Å². The second-order valence-electron chi connectivity index (χ2n) is 5.63. The second-order valence-corrected chi connectivity index (χ2v) is 5.63. The van der Waals surface area contributed by atoms with Crippen molar-refractivity contribution in [2.24, 2.45) is 5.92 Å². The van der Waals surface area contributed by atoms with E-state index in [1.54, 1.807) is 0 Å². The molecule has 0 bridgehead atoms. The number of para-hydroxylation sites is 2. The molecular formula is C19H25NO2. The van der Waals surface area contributed by atoms with E-state index in [1.165, 1.54) is 5.56 Å². The Morgan fingerprint density at radius 2 is 1.82 bits per heavy atom. The Labute approximate surface area is 133 Å². The maximum atomic E-state index is 5.77. The van der Waals surface area contributed by atoms with Gasteiger partial charge in [0.25, 0.3) is 0 Å². The minimum atomic E-state index is 0.528. The van der Waals surface area contributed by atoms with Gasteiger partial charge in [-0.25, -0.2) is 0 Å². The highest BCUT2D eigenvalue weighted by Crippen LogP contribution is 2.24. The fourth-order valence-electron chi connectivity index (χ4n) is 2.10. The lowest BCUT2D eigenvalue weighted by Gasteiger charge is -2.13. The Bertz CT molecular complexity index is 581. The zero-order chi connectivity index (χ0) is 15.8. The van der Waals surface area contributed by atoms with Gasteiger partial charge in [-0.05, 0) is 42.7 Å². The Morgan fingerprint density at radius 1 is 1.00 bits per heavy atom. The van der Waals surface area contributed by atoms with Crippen molar-refractivity contribution in [2.75, 3.05) is 18.5 Å². The summed E-state index contributed by atoms with van der Waals surface area (Å²) in [5.41, 5.74) is 2.20. The zero-order valence-electron chi connectivity index (χ0n) is 13.6. The summed E-state index contributed by atoms with van der Waals surface area (Å²) in [4.78, 5) is 0. The number of ether oxygens (including phenoxy) is 2. The molecule has 2 aromatic rings. The van der Waals surface area contributed by atoms with Crippen LogP contribution >= 0.6 is 0 Å². The van der Waals surface area contributed by atoms with Crippen molar-refractivity contribution < 1.29 is 9.47 Å². The number of benzene rings is 2. The van der Waals surface area contributed by atoms with E-state index in [0.29, 0.717) is 12.5 Å². The number of nitrogens with one attached hydrogen (secondary N) is 1. The van der Waals surface area contributed by atoms with Crippen LogP contribution in [-0.2, 0) is 6.54 Å². The van der Waals surface area contributed by atoms with Crippen molar-refractivity contribution >= 4 is 5.69 Å². The molecule has 3 heteroatoms. The van der Waals surface area contributed by atoms with E-state index in [1.807, 2.05) is 43.3 Å². The van der Waals surface area contributed by atoms with Crippen LogP contribution in [0.15, 0.2) is 48.5 Å². The van der Waals surface area contributed by atoms with Crippen LogP contribution in [-0.4, -0.2) is 13.2 Å². The fraction of sp³-hybridized carbons (Fsp3) is 0.368. The van der Waals surface area contributed by atoms with Crippen LogP contribution in [0.25, 0.3) is 0 Å². The van der Waals surface area contributed by atoms with E-state index < -0.39 is 0 Å². The van der Waals surface area contributed by atoms with Crippen molar-refractivity contribution in [3.8, 4) is 11.5 Å². The highest BCUT2D eigenvalue weighted by Gasteiger charge is 2.03. The summed E-state index contributed by atoms with van der Waals surface area (Å²) in [6, 6.07) is 16.2. The van der Waals surface area contributed by atoms with Gasteiger partial charge in [0.15, 0.2) is 0 Å². The predicted octanol–water partition coefficient (Wildman–Crippen LogP) is 4.73. The third-order valence-corrected chi connectivity index (χ3v) is 3.15. The van der Waals surface area contributed by atoms with Gasteiger partial charge in [0, 0.05) is 6.54 Å². The summed E-state index contributed by atoms with van der Waals surface area (Å²) in [6.45, 7) is 8.43. The minimum absolute atomic E-state index is 0.528. The number of rotatable bonds is 8. The maximum absolute atomic E-state index is 5.77. The lowest BCUT2D eigenvalue weighted by atomic mass is 10.2. The van der Waals surface area contributed by atoms with Crippen molar-refractivity contribution in [1.82, 2.24) is 0 Å². The largest absolute Gasteiger partial charge is 0.493 e. The first-order chi connectivity index (χ1) is 10.7. The minimum Gasteiger partial charge on any atom is -0.493 e. The van der Waals surface area contributed by atoms with Crippen molar-refractivity contribution in [3.05, 3.63) is 54.1 Å². The van der Waals surface area contributed by atoms with Gasteiger partial charge in [-0.15, -0.1) is 0 Å². The molecule has 2 aromatic carbocycles. The first-order valence-corrected chi connectivity index (χ1v) is 7.86.